The van der Waals surface area contributed by atoms with Crippen LogP contribution in [-0.4, -0.2) is 0 Å². The largest absolute Gasteiger partial charge is 2.00 e. The van der Waals surface area contributed by atoms with Gasteiger partial charge < -0.3 is 46.3 Å². The first-order chi connectivity index (χ1) is 0. The molecule has 0 amide bonds. The van der Waals surface area contributed by atoms with Gasteiger partial charge in [-0.05, 0) is 0 Å². The van der Waals surface area contributed by atoms with Gasteiger partial charge in [0, 0.05) is 0 Å². The van der Waals surface area contributed by atoms with E-state index in [0.717, 1.165) is 0 Å². The smallest absolute Gasteiger partial charge is 1.00 e. The summed E-state index contributed by atoms with van der Waals surface area (Å²) in [5, 5.41) is 0. The summed E-state index contributed by atoms with van der Waals surface area (Å²) in [4.78, 5) is 0. The van der Waals surface area contributed by atoms with Gasteiger partial charge in [0.25, 0.3) is 0 Å². The van der Waals surface area contributed by atoms with E-state index in [1.54, 1.807) is 0 Å². The van der Waals surface area contributed by atoms with Gasteiger partial charge in [0.15, 0.2) is 0 Å². The Balaban J connectivity index is 0. The van der Waals surface area contributed by atoms with Crippen molar-refractivity contribution in [3.63, 3.8) is 0 Å². The molecule has 0 aliphatic rings. The minimum Gasteiger partial charge on any atom is -1.00 e. The number of quaternary nitrogens is 2. The maximum atomic E-state index is 0. The van der Waals surface area contributed by atoms with Crippen molar-refractivity contribution in [1.82, 2.24) is 12.3 Å². The van der Waals surface area contributed by atoms with Crippen LogP contribution in [0.2, 0.25) is 0 Å². The van der Waals surface area contributed by atoms with E-state index >= 15 is 0 Å². The zero-order valence-electron chi connectivity index (χ0n) is 3.07. The van der Waals surface area contributed by atoms with Crippen molar-refractivity contribution in [3.8, 4) is 0 Å². The van der Waals surface area contributed by atoms with Crippen LogP contribution in [0.25, 0.3) is 0 Å². The average Bonchev–Trinajstić information content (AvgIpc) is 0. The monoisotopic (exact) mass is 300 g/mol. The first-order valence-electron chi connectivity index (χ1n) is 0. The molecule has 0 aromatic rings. The summed E-state index contributed by atoms with van der Waals surface area (Å²) in [7, 11) is 0. The topological polar surface area (TPSA) is 73.0 Å². The van der Waals surface area contributed by atoms with Gasteiger partial charge >= 0.3 is 20.4 Å². The molecule has 0 aromatic carbocycles. The fourth-order valence-electron chi connectivity index (χ4n) is 0. The summed E-state index contributed by atoms with van der Waals surface area (Å²) in [6.45, 7) is 0. The Morgan fingerprint density at radius 2 is 0.600 bits per heavy atom. The first-order valence-corrected chi connectivity index (χ1v) is 0. The van der Waals surface area contributed by atoms with Crippen molar-refractivity contribution in [3.05, 3.63) is 0 Å². The molecule has 5 heavy (non-hydrogen) atoms. The van der Waals surface area contributed by atoms with Crippen molar-refractivity contribution in [2.75, 3.05) is 0 Å². The minimum atomic E-state index is 0. The zero-order chi connectivity index (χ0) is 0. The molecule has 0 rings (SSSR count). The summed E-state index contributed by atoms with van der Waals surface area (Å²) in [6, 6.07) is 0. The van der Waals surface area contributed by atoms with Crippen LogP contribution in [0.5, 0.6) is 0 Å². The quantitative estimate of drug-likeness (QED) is 0.420. The summed E-state index contributed by atoms with van der Waals surface area (Å²) in [5.74, 6) is 0. The van der Waals surface area contributed by atoms with Gasteiger partial charge in [-0.2, -0.15) is 0 Å². The van der Waals surface area contributed by atoms with E-state index in [-0.39, 0.29) is 66.7 Å². The maximum Gasteiger partial charge on any atom is 2.00 e. The normalized spacial score (nSPS) is 0. The average molecular weight is 302 g/mol. The van der Waals surface area contributed by atoms with Crippen molar-refractivity contribution < 1.29 is 54.4 Å². The minimum absolute atomic E-state index is 0. The molecule has 8 N–H and O–H groups in total. The zero-order valence-corrected chi connectivity index (χ0v) is 7.80. The Bertz CT molecular complexity index is 7.61. The summed E-state index contributed by atoms with van der Waals surface area (Å²) in [5.41, 5.74) is 0. The van der Waals surface area contributed by atoms with E-state index in [0.29, 0.717) is 0 Å². The molecule has 2 nitrogen and oxygen atoms in total. The molecule has 0 bridgehead atoms. The van der Waals surface area contributed by atoms with Crippen molar-refractivity contribution in [1.29, 1.82) is 0 Å². The van der Waals surface area contributed by atoms with Crippen LogP contribution in [-0.2, 0) is 20.4 Å². The molecule has 0 saturated carbocycles. The Kier molecular flexibility index (Phi) is 812. The molecule has 0 aromatic heterocycles. The Labute approximate surface area is 66.4 Å². The third-order valence-electron chi connectivity index (χ3n) is 0. The number of rotatable bonds is 0. The van der Waals surface area contributed by atoms with E-state index in [1.165, 1.54) is 0 Å². The van der Waals surface area contributed by atoms with Crippen molar-refractivity contribution in [2.24, 2.45) is 0 Å². The third-order valence-corrected chi connectivity index (χ3v) is 0. The maximum absolute atomic E-state index is 0. The molecule has 0 spiro atoms. The second kappa shape index (κ2) is 48.1. The first kappa shape index (κ1) is 84.5. The van der Waals surface area contributed by atoms with E-state index in [9.17, 15) is 0 Å². The molecular weight excluding hydrogens is 294 g/mol. The predicted molar refractivity (Wildman–Crippen MR) is 12.0 cm³/mol. The number of hydrogen-bond donors (Lipinski definition) is 2. The van der Waals surface area contributed by atoms with Gasteiger partial charge in [0.05, 0.1) is 0 Å². The third kappa shape index (κ3) is 29.2. The fourth-order valence-corrected chi connectivity index (χ4v) is 0. The predicted octanol–water partition coefficient (Wildman–Crippen LogP) is -5.24. The Hall–Kier alpha value is 1.54. The van der Waals surface area contributed by atoms with Gasteiger partial charge in [0.2, 0.25) is 0 Å². The molecule has 0 radical (unpaired) electrons. The van der Waals surface area contributed by atoms with Gasteiger partial charge in [-0.1, -0.05) is 0 Å². The molecule has 5 heteroatoms. The number of hydrogen-bond acceptors (Lipinski definition) is 0. The molecule has 0 aliphatic heterocycles. The van der Waals surface area contributed by atoms with Gasteiger partial charge in [-0.3, -0.25) is 0 Å². The van der Waals surface area contributed by atoms with Crippen molar-refractivity contribution >= 4 is 0 Å². The van der Waals surface area contributed by atoms with E-state index in [1.807, 2.05) is 0 Å². The Morgan fingerprint density at radius 1 is 0.600 bits per heavy atom. The molecule has 40 valence electrons. The van der Waals surface area contributed by atoms with Crippen LogP contribution >= 0.6 is 0 Å². The summed E-state index contributed by atoms with van der Waals surface area (Å²) < 4.78 is 0. The molecule has 0 heterocycles. The van der Waals surface area contributed by atoms with Crippen LogP contribution in [0, 0.1) is 0 Å². The van der Waals surface area contributed by atoms with Gasteiger partial charge in [-0.15, -0.1) is 0 Å². The second-order valence-corrected chi connectivity index (χ2v) is 0. The van der Waals surface area contributed by atoms with Crippen molar-refractivity contribution in [2.45, 2.75) is 0 Å². The summed E-state index contributed by atoms with van der Waals surface area (Å²) >= 11 is 0. The molecule has 0 unspecified atom stereocenters. The molecule has 0 atom stereocenters. The SMILES string of the molecule is [Br-].[Br-].[NH4+].[NH4+].[Pd+2]. The Morgan fingerprint density at radius 3 is 0.600 bits per heavy atom. The standard InChI is InChI=1S/2BrH.2H3N.Pd/h2*1H;2*1H3;/q;;;;+2. The molecular formula is H8Br2N2Pd+2. The van der Waals surface area contributed by atoms with E-state index in [2.05, 4.69) is 0 Å². The van der Waals surface area contributed by atoms with Gasteiger partial charge in [0.1, 0.15) is 0 Å². The van der Waals surface area contributed by atoms with E-state index < -0.39 is 0 Å². The second-order valence-electron chi connectivity index (χ2n) is 0. The fraction of sp³-hybridized carbons (Fsp3) is 0. The van der Waals surface area contributed by atoms with Crippen LogP contribution in [0.15, 0.2) is 0 Å². The molecule has 0 aliphatic carbocycles. The van der Waals surface area contributed by atoms with Crippen LogP contribution < -0.4 is 46.3 Å². The molecule has 0 fully saturated rings. The van der Waals surface area contributed by atoms with Crippen LogP contribution in [0.1, 0.15) is 0 Å². The van der Waals surface area contributed by atoms with Crippen LogP contribution in [0.3, 0.4) is 0 Å². The van der Waals surface area contributed by atoms with Crippen LogP contribution in [0.4, 0.5) is 0 Å². The molecule has 0 saturated heterocycles. The van der Waals surface area contributed by atoms with Gasteiger partial charge in [-0.25, -0.2) is 0 Å². The summed E-state index contributed by atoms with van der Waals surface area (Å²) in [6.07, 6.45) is 0. The number of halogens is 2. The van der Waals surface area contributed by atoms with E-state index in [4.69, 9.17) is 0 Å².